The Labute approximate surface area is 89.3 Å². The van der Waals surface area contributed by atoms with Crippen LogP contribution in [0.15, 0.2) is 18.2 Å². The molecule has 1 aromatic carbocycles. The Kier molecular flexibility index (Phi) is 3.96. The summed E-state index contributed by atoms with van der Waals surface area (Å²) < 4.78 is 0. The number of halogens is 1. The molecule has 0 aliphatic carbocycles. The van der Waals surface area contributed by atoms with E-state index in [2.05, 4.69) is 5.32 Å². The number of hydrogen-bond acceptors (Lipinski definition) is 2. The van der Waals surface area contributed by atoms with Gasteiger partial charge in [0.1, 0.15) is 5.78 Å². The molecule has 1 rings (SSSR count). The second-order valence-electron chi connectivity index (χ2n) is 3.13. The third-order valence-electron chi connectivity index (χ3n) is 2.12. The standard InChI is InChI=1S/C11H14ClNO/c1-3-10(14)7-8-6-9(13-2)4-5-11(8)12/h4-6,13H,3,7H2,1-2H3. The predicted octanol–water partition coefficient (Wildman–Crippen LogP) is 2.90. The third kappa shape index (κ3) is 2.74. The summed E-state index contributed by atoms with van der Waals surface area (Å²) in [7, 11) is 1.84. The molecule has 0 atom stereocenters. The van der Waals surface area contributed by atoms with Gasteiger partial charge in [0, 0.05) is 30.6 Å². The lowest BCUT2D eigenvalue weighted by Crippen LogP contribution is -2.01. The highest BCUT2D eigenvalue weighted by Gasteiger charge is 2.05. The van der Waals surface area contributed by atoms with Gasteiger partial charge >= 0.3 is 0 Å². The van der Waals surface area contributed by atoms with Gasteiger partial charge in [-0.25, -0.2) is 0 Å². The van der Waals surface area contributed by atoms with Gasteiger partial charge < -0.3 is 5.32 Å². The van der Waals surface area contributed by atoms with Crippen LogP contribution in [0.4, 0.5) is 5.69 Å². The summed E-state index contributed by atoms with van der Waals surface area (Å²) in [5, 5.41) is 3.67. The maximum atomic E-state index is 11.3. The van der Waals surface area contributed by atoms with Gasteiger partial charge in [-0.2, -0.15) is 0 Å². The topological polar surface area (TPSA) is 29.1 Å². The number of carbonyl (C=O) groups is 1. The molecular formula is C11H14ClNO. The van der Waals surface area contributed by atoms with Crippen molar-refractivity contribution in [1.82, 2.24) is 0 Å². The lowest BCUT2D eigenvalue weighted by Gasteiger charge is -2.06. The Morgan fingerprint density at radius 1 is 1.50 bits per heavy atom. The molecule has 0 saturated carbocycles. The molecule has 0 heterocycles. The van der Waals surface area contributed by atoms with Gasteiger partial charge in [0.15, 0.2) is 0 Å². The first-order valence-electron chi connectivity index (χ1n) is 4.65. The van der Waals surface area contributed by atoms with Gasteiger partial charge in [-0.3, -0.25) is 4.79 Å². The first-order valence-corrected chi connectivity index (χ1v) is 5.03. The van der Waals surface area contributed by atoms with Crippen LogP contribution in [0.2, 0.25) is 5.02 Å². The molecule has 0 bridgehead atoms. The summed E-state index contributed by atoms with van der Waals surface area (Å²) in [5.41, 5.74) is 1.87. The number of benzene rings is 1. The monoisotopic (exact) mass is 211 g/mol. The molecule has 0 radical (unpaired) electrons. The van der Waals surface area contributed by atoms with Crippen LogP contribution in [0.5, 0.6) is 0 Å². The summed E-state index contributed by atoms with van der Waals surface area (Å²) in [6.07, 6.45) is 0.977. The fourth-order valence-electron chi connectivity index (χ4n) is 1.20. The van der Waals surface area contributed by atoms with E-state index in [1.807, 2.05) is 32.2 Å². The molecule has 0 aromatic heterocycles. The summed E-state index contributed by atoms with van der Waals surface area (Å²) in [6.45, 7) is 1.86. The lowest BCUT2D eigenvalue weighted by atomic mass is 10.1. The fraction of sp³-hybridized carbons (Fsp3) is 0.364. The van der Waals surface area contributed by atoms with Crippen molar-refractivity contribution < 1.29 is 4.79 Å². The highest BCUT2D eigenvalue weighted by molar-refractivity contribution is 6.31. The number of Topliss-reactive ketones (excluding diaryl/α,β-unsaturated/α-hetero) is 1. The number of rotatable bonds is 4. The van der Waals surface area contributed by atoms with Crippen molar-refractivity contribution in [2.75, 3.05) is 12.4 Å². The van der Waals surface area contributed by atoms with Crippen molar-refractivity contribution in [2.45, 2.75) is 19.8 Å². The predicted molar refractivity (Wildman–Crippen MR) is 60.0 cm³/mol. The van der Waals surface area contributed by atoms with Crippen LogP contribution >= 0.6 is 11.6 Å². The molecule has 0 unspecified atom stereocenters. The Hall–Kier alpha value is -1.02. The minimum Gasteiger partial charge on any atom is -0.388 e. The number of nitrogens with one attached hydrogen (secondary N) is 1. The van der Waals surface area contributed by atoms with Crippen molar-refractivity contribution in [2.24, 2.45) is 0 Å². The molecule has 14 heavy (non-hydrogen) atoms. The largest absolute Gasteiger partial charge is 0.388 e. The Morgan fingerprint density at radius 3 is 2.79 bits per heavy atom. The number of hydrogen-bond donors (Lipinski definition) is 1. The molecule has 2 nitrogen and oxygen atoms in total. The fourth-order valence-corrected chi connectivity index (χ4v) is 1.39. The first-order chi connectivity index (χ1) is 6.67. The molecule has 76 valence electrons. The average molecular weight is 212 g/mol. The van der Waals surface area contributed by atoms with E-state index >= 15 is 0 Å². The highest BCUT2D eigenvalue weighted by atomic mass is 35.5. The lowest BCUT2D eigenvalue weighted by molar-refractivity contribution is -0.118. The smallest absolute Gasteiger partial charge is 0.137 e. The third-order valence-corrected chi connectivity index (χ3v) is 2.49. The number of carbonyl (C=O) groups excluding carboxylic acids is 1. The molecule has 0 aliphatic heterocycles. The quantitative estimate of drug-likeness (QED) is 0.830. The zero-order chi connectivity index (χ0) is 10.6. The molecular weight excluding hydrogens is 198 g/mol. The molecule has 3 heteroatoms. The van der Waals surface area contributed by atoms with Gasteiger partial charge in [-0.1, -0.05) is 18.5 Å². The second kappa shape index (κ2) is 5.01. The van der Waals surface area contributed by atoms with E-state index in [0.717, 1.165) is 11.3 Å². The van der Waals surface area contributed by atoms with Crippen LogP contribution < -0.4 is 5.32 Å². The SMILES string of the molecule is CCC(=O)Cc1cc(NC)ccc1Cl. The molecule has 1 aromatic rings. The molecule has 0 spiro atoms. The Bertz CT molecular complexity index is 336. The van der Waals surface area contributed by atoms with Crippen LogP contribution in [0.25, 0.3) is 0 Å². The number of ketones is 1. The van der Waals surface area contributed by atoms with Crippen LogP contribution in [-0.2, 0) is 11.2 Å². The van der Waals surface area contributed by atoms with Crippen LogP contribution in [0.3, 0.4) is 0 Å². The average Bonchev–Trinajstić information content (AvgIpc) is 2.21. The van der Waals surface area contributed by atoms with Crippen LogP contribution in [0.1, 0.15) is 18.9 Å². The van der Waals surface area contributed by atoms with E-state index < -0.39 is 0 Å². The summed E-state index contributed by atoms with van der Waals surface area (Å²) in [4.78, 5) is 11.3. The summed E-state index contributed by atoms with van der Waals surface area (Å²) in [6, 6.07) is 5.61. The zero-order valence-corrected chi connectivity index (χ0v) is 9.19. The van der Waals surface area contributed by atoms with Crippen molar-refractivity contribution in [3.05, 3.63) is 28.8 Å². The van der Waals surface area contributed by atoms with Gasteiger partial charge in [-0.05, 0) is 23.8 Å². The van der Waals surface area contributed by atoms with Gasteiger partial charge in [0.05, 0.1) is 0 Å². The second-order valence-corrected chi connectivity index (χ2v) is 3.53. The van der Waals surface area contributed by atoms with Gasteiger partial charge in [-0.15, -0.1) is 0 Å². The minimum atomic E-state index is 0.208. The Morgan fingerprint density at radius 2 is 2.21 bits per heavy atom. The maximum absolute atomic E-state index is 11.3. The molecule has 0 saturated heterocycles. The zero-order valence-electron chi connectivity index (χ0n) is 8.43. The first kappa shape index (κ1) is 11.1. The van der Waals surface area contributed by atoms with Crippen molar-refractivity contribution >= 4 is 23.1 Å². The minimum absolute atomic E-state index is 0.208. The van der Waals surface area contributed by atoms with E-state index in [1.54, 1.807) is 0 Å². The Balaban J connectivity index is 2.89. The normalized spacial score (nSPS) is 9.93. The molecule has 1 N–H and O–H groups in total. The van der Waals surface area contributed by atoms with Gasteiger partial charge in [0.2, 0.25) is 0 Å². The van der Waals surface area contributed by atoms with E-state index in [-0.39, 0.29) is 5.78 Å². The molecule has 0 aliphatic rings. The highest BCUT2D eigenvalue weighted by Crippen LogP contribution is 2.21. The van der Waals surface area contributed by atoms with E-state index in [4.69, 9.17) is 11.6 Å². The summed E-state index contributed by atoms with van der Waals surface area (Å²) >= 11 is 5.97. The van der Waals surface area contributed by atoms with E-state index in [1.165, 1.54) is 0 Å². The van der Waals surface area contributed by atoms with E-state index in [9.17, 15) is 4.79 Å². The van der Waals surface area contributed by atoms with Gasteiger partial charge in [0.25, 0.3) is 0 Å². The maximum Gasteiger partial charge on any atom is 0.137 e. The van der Waals surface area contributed by atoms with Crippen LogP contribution in [0, 0.1) is 0 Å². The van der Waals surface area contributed by atoms with E-state index in [0.29, 0.717) is 17.9 Å². The van der Waals surface area contributed by atoms with Crippen molar-refractivity contribution in [1.29, 1.82) is 0 Å². The molecule has 0 fully saturated rings. The van der Waals surface area contributed by atoms with Crippen molar-refractivity contribution in [3.63, 3.8) is 0 Å². The van der Waals surface area contributed by atoms with Crippen LogP contribution in [-0.4, -0.2) is 12.8 Å². The molecule has 0 amide bonds. The summed E-state index contributed by atoms with van der Waals surface area (Å²) in [5.74, 6) is 0.208. The number of anilines is 1. The van der Waals surface area contributed by atoms with Crippen molar-refractivity contribution in [3.8, 4) is 0 Å².